The molecule has 0 bridgehead atoms. The fourth-order valence-electron chi connectivity index (χ4n) is 2.62. The number of aromatic nitrogens is 3. The molecule has 0 aliphatic heterocycles. The highest BCUT2D eigenvalue weighted by Crippen LogP contribution is 2.21. The van der Waals surface area contributed by atoms with Gasteiger partial charge in [0.05, 0.1) is 17.1 Å². The fraction of sp³-hybridized carbons (Fsp3) is 0.286. The van der Waals surface area contributed by atoms with E-state index in [-0.39, 0.29) is 0 Å². The van der Waals surface area contributed by atoms with Gasteiger partial charge in [0.1, 0.15) is 5.84 Å². The Balaban J connectivity index is 0.00000117. The van der Waals surface area contributed by atoms with Crippen LogP contribution >= 0.6 is 0 Å². The highest BCUT2D eigenvalue weighted by Gasteiger charge is 2.13. The molecule has 1 aromatic carbocycles. The molecule has 3 aromatic rings. The van der Waals surface area contributed by atoms with Crippen LogP contribution in [0.15, 0.2) is 53.8 Å². The summed E-state index contributed by atoms with van der Waals surface area (Å²) < 4.78 is 1.97. The molecule has 0 atom stereocenters. The molecular formula is C21H27N5. The van der Waals surface area contributed by atoms with Gasteiger partial charge < -0.3 is 5.32 Å². The Bertz CT molecular complexity index is 917. The molecule has 0 aliphatic rings. The molecule has 2 heterocycles. The van der Waals surface area contributed by atoms with Gasteiger partial charge in [-0.05, 0) is 45.9 Å². The van der Waals surface area contributed by atoms with E-state index >= 15 is 0 Å². The second-order valence-electron chi connectivity index (χ2n) is 5.70. The summed E-state index contributed by atoms with van der Waals surface area (Å²) >= 11 is 0. The highest BCUT2D eigenvalue weighted by molar-refractivity contribution is 5.97. The molecule has 5 nitrogen and oxygen atoms in total. The van der Waals surface area contributed by atoms with Gasteiger partial charge in [0.25, 0.3) is 0 Å². The van der Waals surface area contributed by atoms with Crippen LogP contribution in [-0.2, 0) is 0 Å². The van der Waals surface area contributed by atoms with Crippen molar-refractivity contribution in [3.05, 3.63) is 65.8 Å². The molecule has 0 fully saturated rings. The van der Waals surface area contributed by atoms with Crippen LogP contribution in [0.25, 0.3) is 11.5 Å². The minimum atomic E-state index is 0.684. The third kappa shape index (κ3) is 4.36. The molecule has 0 aliphatic carbocycles. The maximum atomic E-state index is 4.74. The molecule has 26 heavy (non-hydrogen) atoms. The van der Waals surface area contributed by atoms with Gasteiger partial charge in [-0.1, -0.05) is 37.6 Å². The van der Waals surface area contributed by atoms with Crippen molar-refractivity contribution < 1.29 is 0 Å². The maximum absolute atomic E-state index is 4.74. The smallest absolute Gasteiger partial charge is 0.234 e. The van der Waals surface area contributed by atoms with Gasteiger partial charge in [0.15, 0.2) is 0 Å². The molecule has 0 saturated heterocycles. The summed E-state index contributed by atoms with van der Waals surface area (Å²) in [6.45, 7) is 12.0. The third-order valence-electron chi connectivity index (χ3n) is 3.76. The number of rotatable bonds is 3. The Morgan fingerprint density at radius 2 is 1.85 bits per heavy atom. The zero-order chi connectivity index (χ0) is 19.1. The lowest BCUT2D eigenvalue weighted by atomic mass is 10.2. The number of allylic oxidation sites excluding steroid dienone is 1. The van der Waals surface area contributed by atoms with Crippen molar-refractivity contribution in [1.82, 2.24) is 14.4 Å². The number of amidine groups is 1. The molecule has 2 aromatic heterocycles. The zero-order valence-electron chi connectivity index (χ0n) is 16.4. The molecule has 3 rings (SSSR count). The lowest BCUT2D eigenvalue weighted by molar-refractivity contribution is 1.08. The molecule has 0 spiro atoms. The number of nitrogens with zero attached hydrogens (tertiary/aromatic N) is 4. The van der Waals surface area contributed by atoms with Crippen LogP contribution in [0.1, 0.15) is 44.6 Å². The number of fused-ring (bicyclic) bond motifs is 1. The molecule has 1 N–H and O–H groups in total. The molecule has 0 amide bonds. The number of nitrogens with one attached hydrogen (secondary N) is 1. The van der Waals surface area contributed by atoms with E-state index < -0.39 is 0 Å². The minimum absolute atomic E-state index is 0.684. The van der Waals surface area contributed by atoms with Gasteiger partial charge in [-0.3, -0.25) is 4.40 Å². The largest absolute Gasteiger partial charge is 0.344 e. The first-order valence-electron chi connectivity index (χ1n) is 8.94. The highest BCUT2D eigenvalue weighted by atomic mass is 15.1. The first-order chi connectivity index (χ1) is 12.6. The van der Waals surface area contributed by atoms with Crippen LogP contribution in [0.5, 0.6) is 0 Å². The van der Waals surface area contributed by atoms with E-state index in [0.29, 0.717) is 5.78 Å². The van der Waals surface area contributed by atoms with Crippen molar-refractivity contribution in [3.63, 3.8) is 0 Å². The second kappa shape index (κ2) is 8.94. The van der Waals surface area contributed by atoms with Crippen LogP contribution in [0.4, 0.5) is 5.69 Å². The Kier molecular flexibility index (Phi) is 6.67. The number of aliphatic imine (C=N–C) groups is 1. The Morgan fingerprint density at radius 3 is 2.50 bits per heavy atom. The molecule has 5 heteroatoms. The Hall–Kier alpha value is -2.95. The first kappa shape index (κ1) is 19.4. The van der Waals surface area contributed by atoms with E-state index in [0.717, 1.165) is 28.6 Å². The van der Waals surface area contributed by atoms with Crippen LogP contribution in [0.3, 0.4) is 0 Å². The number of imidazole rings is 1. The quantitative estimate of drug-likeness (QED) is 0.518. The Morgan fingerprint density at radius 1 is 1.15 bits per heavy atom. The maximum Gasteiger partial charge on any atom is 0.234 e. The number of hydrogen-bond acceptors (Lipinski definition) is 3. The number of benzene rings is 1. The van der Waals surface area contributed by atoms with Crippen molar-refractivity contribution in [2.75, 3.05) is 5.32 Å². The number of anilines is 1. The van der Waals surface area contributed by atoms with Gasteiger partial charge in [-0.25, -0.2) is 15.0 Å². The van der Waals surface area contributed by atoms with E-state index in [4.69, 9.17) is 4.99 Å². The Labute approximate surface area is 155 Å². The first-order valence-corrected chi connectivity index (χ1v) is 8.94. The summed E-state index contributed by atoms with van der Waals surface area (Å²) in [6, 6.07) is 10.1. The summed E-state index contributed by atoms with van der Waals surface area (Å²) in [5.41, 5.74) is 5.00. The van der Waals surface area contributed by atoms with E-state index in [9.17, 15) is 0 Å². The normalized spacial score (nSPS) is 11.9. The fourth-order valence-corrected chi connectivity index (χ4v) is 2.62. The van der Waals surface area contributed by atoms with Gasteiger partial charge in [-0.2, -0.15) is 0 Å². The van der Waals surface area contributed by atoms with Gasteiger partial charge in [0.2, 0.25) is 5.78 Å². The average molecular weight is 349 g/mol. The zero-order valence-corrected chi connectivity index (χ0v) is 16.4. The predicted octanol–water partition coefficient (Wildman–Crippen LogP) is 5.26. The van der Waals surface area contributed by atoms with Crippen LogP contribution in [0, 0.1) is 13.8 Å². The van der Waals surface area contributed by atoms with E-state index in [1.54, 1.807) is 6.20 Å². The summed E-state index contributed by atoms with van der Waals surface area (Å²) in [6.07, 6.45) is 5.69. The van der Waals surface area contributed by atoms with Crippen molar-refractivity contribution in [1.29, 1.82) is 0 Å². The van der Waals surface area contributed by atoms with E-state index in [1.807, 2.05) is 69.5 Å². The molecule has 136 valence electrons. The predicted molar refractivity (Wildman–Crippen MR) is 111 cm³/mol. The lowest BCUT2D eigenvalue weighted by Crippen LogP contribution is -2.08. The van der Waals surface area contributed by atoms with Gasteiger partial charge in [0, 0.05) is 18.1 Å². The molecule has 0 unspecified atom stereocenters. The SMILES string of the molecule is C/C=C(\N=C(C)Nc1ccc(C)cc1)c1c(C)nc2ncccn12.CC. The monoisotopic (exact) mass is 349 g/mol. The number of aryl methyl sites for hydroxylation is 2. The van der Waals surface area contributed by atoms with Crippen LogP contribution in [-0.4, -0.2) is 20.2 Å². The van der Waals surface area contributed by atoms with E-state index in [2.05, 4.69) is 34.3 Å². The second-order valence-corrected chi connectivity index (χ2v) is 5.70. The lowest BCUT2D eigenvalue weighted by Gasteiger charge is -2.08. The van der Waals surface area contributed by atoms with Crippen molar-refractivity contribution in [2.45, 2.75) is 41.5 Å². The van der Waals surface area contributed by atoms with Crippen molar-refractivity contribution in [3.8, 4) is 0 Å². The summed E-state index contributed by atoms with van der Waals surface area (Å²) in [5.74, 6) is 1.51. The summed E-state index contributed by atoms with van der Waals surface area (Å²) in [5, 5.41) is 3.33. The topological polar surface area (TPSA) is 54.6 Å². The van der Waals surface area contributed by atoms with Gasteiger partial charge in [-0.15, -0.1) is 0 Å². The molecule has 0 radical (unpaired) electrons. The molecule has 0 saturated carbocycles. The van der Waals surface area contributed by atoms with Crippen LogP contribution in [0.2, 0.25) is 0 Å². The summed E-state index contributed by atoms with van der Waals surface area (Å²) in [7, 11) is 0. The van der Waals surface area contributed by atoms with Crippen molar-refractivity contribution >= 4 is 23.0 Å². The number of hydrogen-bond donors (Lipinski definition) is 1. The molecular weight excluding hydrogens is 322 g/mol. The van der Waals surface area contributed by atoms with Gasteiger partial charge >= 0.3 is 0 Å². The van der Waals surface area contributed by atoms with Crippen molar-refractivity contribution in [2.24, 2.45) is 4.99 Å². The van der Waals surface area contributed by atoms with E-state index in [1.165, 1.54) is 5.56 Å². The summed E-state index contributed by atoms with van der Waals surface area (Å²) in [4.78, 5) is 13.5. The average Bonchev–Trinajstić information content (AvgIpc) is 2.99. The minimum Gasteiger partial charge on any atom is -0.344 e. The third-order valence-corrected chi connectivity index (χ3v) is 3.76. The standard InChI is InChI=1S/C19H21N5.C2H6/c1-5-17(18-14(3)21-19-20-11-6-12-24(18)19)23-15(4)22-16-9-7-13(2)8-10-16;1-2/h5-12H,1-4H3,(H,22,23);1-2H3/b17-5-;. The van der Waals surface area contributed by atoms with Crippen LogP contribution < -0.4 is 5.32 Å².